The smallest absolute Gasteiger partial charge is 0.409 e. The number of aliphatic carboxylic acids is 1. The third kappa shape index (κ3) is 7.48. The fourth-order valence-electron chi connectivity index (χ4n) is 3.93. The van der Waals surface area contributed by atoms with Crippen LogP contribution in [0.5, 0.6) is 0 Å². The minimum atomic E-state index is -1.09. The Labute approximate surface area is 220 Å². The first kappa shape index (κ1) is 28.5. The number of benzene rings is 1. The van der Waals surface area contributed by atoms with E-state index in [0.717, 1.165) is 0 Å². The van der Waals surface area contributed by atoms with E-state index in [1.807, 2.05) is 30.3 Å². The van der Waals surface area contributed by atoms with E-state index >= 15 is 0 Å². The highest BCUT2D eigenvalue weighted by Gasteiger charge is 2.31. The van der Waals surface area contributed by atoms with Crippen molar-refractivity contribution in [1.29, 1.82) is 0 Å². The zero-order valence-corrected chi connectivity index (χ0v) is 21.8. The Morgan fingerprint density at radius 2 is 1.71 bits per heavy atom. The molecule has 0 spiro atoms. The molecule has 2 atom stereocenters. The van der Waals surface area contributed by atoms with Crippen LogP contribution in [0.2, 0.25) is 0 Å². The van der Waals surface area contributed by atoms with Crippen molar-refractivity contribution < 1.29 is 33.8 Å². The van der Waals surface area contributed by atoms with E-state index in [9.17, 15) is 24.3 Å². The Hall–Kier alpha value is -4.06. The summed E-state index contributed by atoms with van der Waals surface area (Å²) >= 11 is 0. The lowest BCUT2D eigenvalue weighted by Gasteiger charge is -2.35. The van der Waals surface area contributed by atoms with Gasteiger partial charge in [-0.25, -0.2) is 14.8 Å². The third-order valence-electron chi connectivity index (χ3n) is 6.15. The van der Waals surface area contributed by atoms with Gasteiger partial charge in [0.15, 0.2) is 5.82 Å². The van der Waals surface area contributed by atoms with Crippen LogP contribution in [0.1, 0.15) is 49.0 Å². The van der Waals surface area contributed by atoms with Gasteiger partial charge >= 0.3 is 12.1 Å². The molecule has 1 fully saturated rings. The van der Waals surface area contributed by atoms with E-state index < -0.39 is 36.0 Å². The molecule has 12 heteroatoms. The summed E-state index contributed by atoms with van der Waals surface area (Å²) in [6.45, 7) is 4.77. The lowest BCUT2D eigenvalue weighted by atomic mass is 10.1. The fourth-order valence-corrected chi connectivity index (χ4v) is 3.93. The average molecular weight is 528 g/mol. The third-order valence-corrected chi connectivity index (χ3v) is 6.15. The quantitative estimate of drug-likeness (QED) is 0.473. The number of ether oxygens (including phenoxy) is 2. The first-order valence-electron chi connectivity index (χ1n) is 12.4. The van der Waals surface area contributed by atoms with Crippen molar-refractivity contribution in [3.63, 3.8) is 0 Å². The predicted octanol–water partition coefficient (Wildman–Crippen LogP) is 2.11. The van der Waals surface area contributed by atoms with Gasteiger partial charge in [0, 0.05) is 45.3 Å². The van der Waals surface area contributed by atoms with Crippen molar-refractivity contribution in [2.75, 3.05) is 39.9 Å². The van der Waals surface area contributed by atoms with E-state index in [1.165, 1.54) is 23.0 Å². The minimum absolute atomic E-state index is 0.0259. The molecular formula is C26H33N5O7. The molecule has 1 unspecified atom stereocenters. The Morgan fingerprint density at radius 1 is 1.05 bits per heavy atom. The van der Waals surface area contributed by atoms with Crippen molar-refractivity contribution in [2.45, 2.75) is 38.8 Å². The summed E-state index contributed by atoms with van der Waals surface area (Å²) in [4.78, 5) is 61.8. The number of amides is 3. The number of nitrogens with one attached hydrogen (secondary N) is 1. The van der Waals surface area contributed by atoms with Gasteiger partial charge in [-0.05, 0) is 26.3 Å². The van der Waals surface area contributed by atoms with Gasteiger partial charge in [0.25, 0.3) is 5.91 Å². The Bertz CT molecular complexity index is 1140. The van der Waals surface area contributed by atoms with Gasteiger partial charge in [-0.15, -0.1) is 0 Å². The van der Waals surface area contributed by atoms with E-state index in [-0.39, 0.29) is 51.3 Å². The van der Waals surface area contributed by atoms with Gasteiger partial charge < -0.3 is 29.7 Å². The number of carbonyl (C=O) groups is 4. The maximum absolute atomic E-state index is 13.3. The molecule has 3 amide bonds. The molecule has 0 aliphatic carbocycles. The van der Waals surface area contributed by atoms with Crippen molar-refractivity contribution in [3.8, 4) is 11.4 Å². The van der Waals surface area contributed by atoms with Crippen LogP contribution in [0.4, 0.5) is 4.79 Å². The van der Waals surface area contributed by atoms with Crippen LogP contribution in [0.25, 0.3) is 11.4 Å². The Morgan fingerprint density at radius 3 is 2.32 bits per heavy atom. The number of piperazine rings is 1. The van der Waals surface area contributed by atoms with Crippen LogP contribution in [0.3, 0.4) is 0 Å². The number of rotatable bonds is 10. The molecule has 0 saturated carbocycles. The predicted molar refractivity (Wildman–Crippen MR) is 136 cm³/mol. The van der Waals surface area contributed by atoms with Crippen molar-refractivity contribution in [2.24, 2.45) is 0 Å². The molecule has 3 rings (SSSR count). The minimum Gasteiger partial charge on any atom is -0.481 e. The molecule has 1 aromatic heterocycles. The van der Waals surface area contributed by atoms with E-state index in [2.05, 4.69) is 15.3 Å². The number of methoxy groups -OCH3 is 1. The summed E-state index contributed by atoms with van der Waals surface area (Å²) in [5.74, 6) is -1.83. The summed E-state index contributed by atoms with van der Waals surface area (Å²) < 4.78 is 10.4. The molecule has 1 saturated heterocycles. The molecule has 204 valence electrons. The molecule has 2 N–H and O–H groups in total. The number of aromatic nitrogens is 2. The zero-order chi connectivity index (χ0) is 27.7. The maximum Gasteiger partial charge on any atom is 0.409 e. The number of hydrogen-bond donors (Lipinski definition) is 2. The number of carboxylic acid groups (broad SMARTS) is 1. The summed E-state index contributed by atoms with van der Waals surface area (Å²) in [5.41, 5.74) is 1.21. The molecule has 0 bridgehead atoms. The molecule has 12 nitrogen and oxygen atoms in total. The molecule has 1 aliphatic rings. The second-order valence-electron chi connectivity index (χ2n) is 8.72. The Balaban J connectivity index is 1.81. The second kappa shape index (κ2) is 13.5. The van der Waals surface area contributed by atoms with Crippen LogP contribution in [-0.2, 0) is 19.1 Å². The van der Waals surface area contributed by atoms with Gasteiger partial charge in [-0.3, -0.25) is 14.4 Å². The average Bonchev–Trinajstić information content (AvgIpc) is 2.94. The monoisotopic (exact) mass is 527 g/mol. The number of hydrogen-bond acceptors (Lipinski definition) is 8. The maximum atomic E-state index is 13.3. The summed E-state index contributed by atoms with van der Waals surface area (Å²) in [6.07, 6.45) is -1.29. The normalized spacial score (nSPS) is 14.9. The van der Waals surface area contributed by atoms with Crippen LogP contribution in [0.15, 0.2) is 36.4 Å². The van der Waals surface area contributed by atoms with E-state index in [1.54, 1.807) is 13.8 Å². The molecule has 0 radical (unpaired) electrons. The first-order valence-corrected chi connectivity index (χ1v) is 12.4. The van der Waals surface area contributed by atoms with E-state index in [4.69, 9.17) is 9.47 Å². The standard InChI is InChI=1S/C26H33N5O7/c1-4-38-26(36)31-14-12-30(13-15-31)25(35)19(10-11-22(32)33)29-24(34)21-16-20(17(2)37-3)27-23(28-21)18-8-6-5-7-9-18/h5-9,16-17,19H,4,10-15H2,1-3H3,(H,29,34)(H,32,33)/t17-,19?/m0/s1. The molecule has 1 aliphatic heterocycles. The summed E-state index contributed by atoms with van der Waals surface area (Å²) in [5, 5.41) is 11.9. The molecule has 2 aromatic rings. The lowest BCUT2D eigenvalue weighted by Crippen LogP contribution is -2.56. The zero-order valence-electron chi connectivity index (χ0n) is 21.8. The summed E-state index contributed by atoms with van der Waals surface area (Å²) in [6, 6.07) is 9.53. The summed E-state index contributed by atoms with van der Waals surface area (Å²) in [7, 11) is 1.52. The number of carbonyl (C=O) groups excluding carboxylic acids is 3. The van der Waals surface area contributed by atoms with Gasteiger partial charge in [0.2, 0.25) is 5.91 Å². The molecule has 38 heavy (non-hydrogen) atoms. The largest absolute Gasteiger partial charge is 0.481 e. The van der Waals surface area contributed by atoms with Crippen LogP contribution in [-0.4, -0.2) is 94.7 Å². The lowest BCUT2D eigenvalue weighted by molar-refractivity contribution is -0.138. The fraction of sp³-hybridized carbons (Fsp3) is 0.462. The van der Waals surface area contributed by atoms with Crippen molar-refractivity contribution in [3.05, 3.63) is 47.8 Å². The highest BCUT2D eigenvalue weighted by atomic mass is 16.6. The Kier molecular flexibility index (Phi) is 10.1. The van der Waals surface area contributed by atoms with Gasteiger partial charge in [0.1, 0.15) is 11.7 Å². The van der Waals surface area contributed by atoms with E-state index in [0.29, 0.717) is 17.1 Å². The van der Waals surface area contributed by atoms with Gasteiger partial charge in [0.05, 0.1) is 18.4 Å². The highest BCUT2D eigenvalue weighted by Crippen LogP contribution is 2.21. The molecule has 2 heterocycles. The van der Waals surface area contributed by atoms with Crippen LogP contribution >= 0.6 is 0 Å². The number of nitrogens with zero attached hydrogens (tertiary/aromatic N) is 4. The van der Waals surface area contributed by atoms with Crippen LogP contribution < -0.4 is 5.32 Å². The second-order valence-corrected chi connectivity index (χ2v) is 8.72. The van der Waals surface area contributed by atoms with Gasteiger partial charge in [-0.2, -0.15) is 0 Å². The molecule has 1 aromatic carbocycles. The highest BCUT2D eigenvalue weighted by molar-refractivity contribution is 5.96. The first-order chi connectivity index (χ1) is 18.2. The molecular weight excluding hydrogens is 494 g/mol. The van der Waals surface area contributed by atoms with Crippen LogP contribution in [0, 0.1) is 0 Å². The SMILES string of the molecule is CCOC(=O)N1CCN(C(=O)C(CCC(=O)O)NC(=O)c2cc([C@H](C)OC)nc(-c3ccccc3)n2)CC1. The number of carboxylic acids is 1. The van der Waals surface area contributed by atoms with Crippen molar-refractivity contribution >= 4 is 23.9 Å². The topological polar surface area (TPSA) is 151 Å². The van der Waals surface area contributed by atoms with Crippen molar-refractivity contribution in [1.82, 2.24) is 25.1 Å². The van der Waals surface area contributed by atoms with Gasteiger partial charge in [-0.1, -0.05) is 30.3 Å².